The molecule has 0 radical (unpaired) electrons. The number of carbonyl (C=O) groups is 4. The molecule has 0 heterocycles. The largest absolute Gasteiger partial charge is 0.481 e. The number of rotatable bonds is 17. The Morgan fingerprint density at radius 1 is 1.10 bits per heavy atom. The lowest BCUT2D eigenvalue weighted by Gasteiger charge is -2.29. The zero-order valence-electron chi connectivity index (χ0n) is 19.2. The summed E-state index contributed by atoms with van der Waals surface area (Å²) in [6.07, 6.45) is 11.3. The fraction of sp³-hybridized carbons (Fsp3) is 0.667. The number of aliphatic carboxylic acids is 1. The predicted molar refractivity (Wildman–Crippen MR) is 121 cm³/mol. The predicted octanol–water partition coefficient (Wildman–Crippen LogP) is 3.34. The molecular formula is C24H38N2O5. The first-order valence-electron chi connectivity index (χ1n) is 11.0. The molecule has 0 spiro atoms. The standard InChI is InChI=1S/C24H38N2O5/c1-6-15-25(21(28)13-14-22(29)30)16-11-9-10-12-17-26(18-27)24(31)23(19(4)5)20(7-2)8-3/h1,7,18-20,23H,2,8-17H2,3-5H3,(H,29,30). The van der Waals surface area contributed by atoms with Crippen LogP contribution in [-0.4, -0.2) is 58.7 Å². The van der Waals surface area contributed by atoms with Crippen LogP contribution < -0.4 is 0 Å². The van der Waals surface area contributed by atoms with E-state index in [9.17, 15) is 19.2 Å². The minimum Gasteiger partial charge on any atom is -0.481 e. The van der Waals surface area contributed by atoms with E-state index in [4.69, 9.17) is 11.5 Å². The number of carbonyl (C=O) groups excluding carboxylic acids is 3. The number of allylic oxidation sites excluding steroid dienone is 1. The highest BCUT2D eigenvalue weighted by Gasteiger charge is 2.31. The van der Waals surface area contributed by atoms with E-state index in [1.54, 1.807) is 6.08 Å². The van der Waals surface area contributed by atoms with E-state index in [-0.39, 0.29) is 49.0 Å². The van der Waals surface area contributed by atoms with Crippen LogP contribution in [0.1, 0.15) is 65.7 Å². The molecule has 0 aromatic rings. The Kier molecular flexibility index (Phi) is 14.8. The maximum absolute atomic E-state index is 12.9. The van der Waals surface area contributed by atoms with Crippen LogP contribution in [0.5, 0.6) is 0 Å². The van der Waals surface area contributed by atoms with Gasteiger partial charge in [-0.1, -0.05) is 45.6 Å². The van der Waals surface area contributed by atoms with Crippen LogP contribution in [-0.2, 0) is 19.2 Å². The van der Waals surface area contributed by atoms with Crippen LogP contribution in [0.3, 0.4) is 0 Å². The van der Waals surface area contributed by atoms with Gasteiger partial charge in [0.25, 0.3) is 0 Å². The molecule has 0 aliphatic heterocycles. The first-order chi connectivity index (χ1) is 14.7. The van der Waals surface area contributed by atoms with Gasteiger partial charge < -0.3 is 10.0 Å². The Hall–Kier alpha value is -2.62. The van der Waals surface area contributed by atoms with Crippen molar-refractivity contribution in [3.8, 4) is 12.3 Å². The number of imide groups is 1. The fourth-order valence-electron chi connectivity index (χ4n) is 3.65. The molecule has 7 nitrogen and oxygen atoms in total. The van der Waals surface area contributed by atoms with Crippen molar-refractivity contribution >= 4 is 24.2 Å². The molecular weight excluding hydrogens is 396 g/mol. The van der Waals surface area contributed by atoms with Gasteiger partial charge in [0, 0.05) is 25.4 Å². The summed E-state index contributed by atoms with van der Waals surface area (Å²) in [5, 5.41) is 8.71. The van der Waals surface area contributed by atoms with Crippen molar-refractivity contribution in [2.75, 3.05) is 19.6 Å². The third-order valence-electron chi connectivity index (χ3n) is 5.41. The molecule has 174 valence electrons. The van der Waals surface area contributed by atoms with Crippen molar-refractivity contribution in [3.63, 3.8) is 0 Å². The molecule has 2 atom stereocenters. The summed E-state index contributed by atoms with van der Waals surface area (Å²) in [4.78, 5) is 49.9. The first-order valence-corrected chi connectivity index (χ1v) is 11.0. The highest BCUT2D eigenvalue weighted by atomic mass is 16.4. The number of hydrogen-bond acceptors (Lipinski definition) is 4. The quantitative estimate of drug-likeness (QED) is 0.164. The second-order valence-corrected chi connectivity index (χ2v) is 8.04. The van der Waals surface area contributed by atoms with Crippen LogP contribution in [0, 0.1) is 30.1 Å². The van der Waals surface area contributed by atoms with Gasteiger partial charge in [0.15, 0.2) is 0 Å². The summed E-state index contributed by atoms with van der Waals surface area (Å²) in [6, 6.07) is 0. The maximum Gasteiger partial charge on any atom is 0.303 e. The number of hydrogen-bond donors (Lipinski definition) is 1. The molecule has 0 saturated carbocycles. The highest BCUT2D eigenvalue weighted by molar-refractivity contribution is 5.88. The Morgan fingerprint density at radius 2 is 1.71 bits per heavy atom. The molecule has 2 unspecified atom stereocenters. The Labute approximate surface area is 186 Å². The van der Waals surface area contributed by atoms with Crippen molar-refractivity contribution in [2.45, 2.75) is 65.7 Å². The van der Waals surface area contributed by atoms with Gasteiger partial charge in [-0.2, -0.15) is 0 Å². The van der Waals surface area contributed by atoms with Gasteiger partial charge in [-0.15, -0.1) is 13.0 Å². The van der Waals surface area contributed by atoms with E-state index >= 15 is 0 Å². The van der Waals surface area contributed by atoms with Gasteiger partial charge in [-0.3, -0.25) is 24.1 Å². The van der Waals surface area contributed by atoms with E-state index in [0.29, 0.717) is 25.9 Å². The number of unbranched alkanes of at least 4 members (excludes halogenated alkanes) is 3. The zero-order chi connectivity index (χ0) is 23.8. The monoisotopic (exact) mass is 434 g/mol. The normalized spacial score (nSPS) is 12.5. The Morgan fingerprint density at radius 3 is 2.16 bits per heavy atom. The molecule has 3 amide bonds. The summed E-state index contributed by atoms with van der Waals surface area (Å²) in [5.41, 5.74) is 0. The van der Waals surface area contributed by atoms with Gasteiger partial charge in [0.05, 0.1) is 13.0 Å². The molecule has 31 heavy (non-hydrogen) atoms. The number of terminal acetylenes is 1. The van der Waals surface area contributed by atoms with Crippen LogP contribution in [0.25, 0.3) is 0 Å². The topological polar surface area (TPSA) is 95.0 Å². The molecule has 0 aliphatic rings. The van der Waals surface area contributed by atoms with Crippen LogP contribution in [0.4, 0.5) is 0 Å². The second kappa shape index (κ2) is 16.1. The summed E-state index contributed by atoms with van der Waals surface area (Å²) < 4.78 is 0. The third kappa shape index (κ3) is 10.8. The molecule has 0 rings (SSSR count). The third-order valence-corrected chi connectivity index (χ3v) is 5.41. The molecule has 0 aliphatic carbocycles. The van der Waals surface area contributed by atoms with Crippen molar-refractivity contribution in [2.24, 2.45) is 17.8 Å². The van der Waals surface area contributed by atoms with E-state index in [1.165, 1.54) is 9.80 Å². The van der Waals surface area contributed by atoms with Crippen LogP contribution in [0.2, 0.25) is 0 Å². The molecule has 0 aromatic heterocycles. The molecule has 1 N–H and O–H groups in total. The average molecular weight is 435 g/mol. The second-order valence-electron chi connectivity index (χ2n) is 8.04. The Balaban J connectivity index is 4.52. The van der Waals surface area contributed by atoms with E-state index in [1.807, 2.05) is 20.8 Å². The number of amides is 3. The van der Waals surface area contributed by atoms with Gasteiger partial charge in [0.1, 0.15) is 0 Å². The van der Waals surface area contributed by atoms with Crippen LogP contribution >= 0.6 is 0 Å². The summed E-state index contributed by atoms with van der Waals surface area (Å²) in [6.45, 7) is 10.8. The Bertz CT molecular complexity index is 638. The van der Waals surface area contributed by atoms with Crippen molar-refractivity contribution in [1.29, 1.82) is 0 Å². The fourth-order valence-corrected chi connectivity index (χ4v) is 3.65. The first kappa shape index (κ1) is 28.4. The molecule has 0 saturated heterocycles. The van der Waals surface area contributed by atoms with E-state index < -0.39 is 5.97 Å². The van der Waals surface area contributed by atoms with E-state index in [2.05, 4.69) is 12.5 Å². The minimum atomic E-state index is -1.01. The molecule has 7 heteroatoms. The molecule has 0 bridgehead atoms. The lowest BCUT2D eigenvalue weighted by molar-refractivity contribution is -0.144. The summed E-state index contributed by atoms with van der Waals surface area (Å²) >= 11 is 0. The lowest BCUT2D eigenvalue weighted by Crippen LogP contribution is -2.40. The maximum atomic E-state index is 12.9. The van der Waals surface area contributed by atoms with Gasteiger partial charge in [-0.25, -0.2) is 0 Å². The number of carboxylic acid groups (broad SMARTS) is 1. The smallest absolute Gasteiger partial charge is 0.303 e. The molecule has 0 fully saturated rings. The average Bonchev–Trinajstić information content (AvgIpc) is 2.73. The van der Waals surface area contributed by atoms with E-state index in [0.717, 1.165) is 25.7 Å². The van der Waals surface area contributed by atoms with Gasteiger partial charge >= 0.3 is 5.97 Å². The SMILES string of the molecule is C#CCN(CCCCCCN(C=O)C(=O)C(C(C)C)C(C=C)CC)C(=O)CCC(=O)O. The van der Waals surface area contributed by atoms with Crippen LogP contribution in [0.15, 0.2) is 12.7 Å². The molecule has 0 aromatic carbocycles. The van der Waals surface area contributed by atoms with Crippen molar-refractivity contribution in [3.05, 3.63) is 12.7 Å². The number of carboxylic acids is 1. The summed E-state index contributed by atoms with van der Waals surface area (Å²) in [5.74, 6) is 0.891. The number of nitrogens with zero attached hydrogens (tertiary/aromatic N) is 2. The van der Waals surface area contributed by atoms with Gasteiger partial charge in [-0.05, 0) is 31.1 Å². The highest BCUT2D eigenvalue weighted by Crippen LogP contribution is 2.27. The van der Waals surface area contributed by atoms with Crippen molar-refractivity contribution in [1.82, 2.24) is 9.80 Å². The summed E-state index contributed by atoms with van der Waals surface area (Å²) in [7, 11) is 0. The zero-order valence-corrected chi connectivity index (χ0v) is 19.2. The van der Waals surface area contributed by atoms with Gasteiger partial charge in [0.2, 0.25) is 18.2 Å². The minimum absolute atomic E-state index is 0.0377. The van der Waals surface area contributed by atoms with Crippen molar-refractivity contribution < 1.29 is 24.3 Å². The lowest BCUT2D eigenvalue weighted by atomic mass is 9.81.